The van der Waals surface area contributed by atoms with Crippen molar-refractivity contribution in [2.45, 2.75) is 0 Å². The number of fused-ring (bicyclic) bond motifs is 2. The summed E-state index contributed by atoms with van der Waals surface area (Å²) in [6.07, 6.45) is 3.54. The zero-order chi connectivity index (χ0) is 23.3. The summed E-state index contributed by atoms with van der Waals surface area (Å²) in [7, 11) is 0. The summed E-state index contributed by atoms with van der Waals surface area (Å²) < 4.78 is 0. The first-order valence-electron chi connectivity index (χ1n) is 11.0. The summed E-state index contributed by atoms with van der Waals surface area (Å²) in [6, 6.07) is 34.6. The second-order valence-electron chi connectivity index (χ2n) is 7.80. The number of para-hydroxylation sites is 2. The van der Waals surface area contributed by atoms with Crippen molar-refractivity contribution in [3.8, 4) is 34.0 Å². The van der Waals surface area contributed by atoms with E-state index >= 15 is 0 Å². The van der Waals surface area contributed by atoms with Crippen molar-refractivity contribution in [2.24, 2.45) is 0 Å². The molecule has 0 atom stereocenters. The van der Waals surface area contributed by atoms with E-state index in [-0.39, 0.29) is 31.0 Å². The molecule has 6 aromatic rings. The Hall–Kier alpha value is -4.08. The van der Waals surface area contributed by atoms with Gasteiger partial charge in [0.15, 0.2) is 0 Å². The van der Waals surface area contributed by atoms with Gasteiger partial charge in [-0.25, -0.2) is 0 Å². The normalized spacial score (nSPS) is 10.3. The van der Waals surface area contributed by atoms with Crippen LogP contribution in [0.2, 0.25) is 0 Å². The van der Waals surface area contributed by atoms with Crippen molar-refractivity contribution in [2.75, 3.05) is 0 Å². The monoisotopic (exact) mass is 506 g/mol. The fourth-order valence-electron chi connectivity index (χ4n) is 4.02. The van der Waals surface area contributed by atoms with Crippen LogP contribution in [0.4, 0.5) is 0 Å². The maximum atomic E-state index is 9.88. The third-order valence-corrected chi connectivity index (χ3v) is 5.67. The van der Waals surface area contributed by atoms with E-state index in [1.54, 1.807) is 24.5 Å². The van der Waals surface area contributed by atoms with Crippen LogP contribution in [-0.2, 0) is 19.5 Å². The zero-order valence-corrected chi connectivity index (χ0v) is 22.0. The molecule has 0 aliphatic carbocycles. The Balaban J connectivity index is 0.000000160. The van der Waals surface area contributed by atoms with E-state index < -0.39 is 0 Å². The molecule has 2 heterocycles. The number of hydrogen-bond acceptors (Lipinski definition) is 4. The minimum absolute atomic E-state index is 0. The first-order valence-corrected chi connectivity index (χ1v) is 11.0. The molecule has 0 aliphatic heterocycles. The molecule has 0 fully saturated rings. The van der Waals surface area contributed by atoms with Gasteiger partial charge in [-0.1, -0.05) is 72.8 Å². The van der Waals surface area contributed by atoms with Crippen molar-refractivity contribution in [3.63, 3.8) is 0 Å². The molecule has 0 aliphatic rings. The average Bonchev–Trinajstić information content (AvgIpc) is 2.89. The molecule has 2 N–H and O–H groups in total. The Morgan fingerprint density at radius 3 is 1.23 bits per heavy atom. The van der Waals surface area contributed by atoms with Crippen LogP contribution >= 0.6 is 0 Å². The van der Waals surface area contributed by atoms with E-state index in [0.29, 0.717) is 0 Å². The average molecular weight is 508 g/mol. The summed E-state index contributed by atoms with van der Waals surface area (Å²) >= 11 is 0. The van der Waals surface area contributed by atoms with E-state index in [2.05, 4.69) is 9.97 Å². The fraction of sp³-hybridized carbons (Fsp3) is 0. The van der Waals surface area contributed by atoms with Crippen LogP contribution in [0.25, 0.3) is 44.1 Å². The zero-order valence-electron chi connectivity index (χ0n) is 19.0. The molecule has 4 aromatic carbocycles. The second kappa shape index (κ2) is 10.9. The van der Waals surface area contributed by atoms with Gasteiger partial charge in [0.1, 0.15) is 11.5 Å². The van der Waals surface area contributed by atoms with E-state index in [9.17, 15) is 10.2 Å². The molecule has 0 unspecified atom stereocenters. The van der Waals surface area contributed by atoms with Crippen LogP contribution in [0.1, 0.15) is 0 Å². The van der Waals surface area contributed by atoms with Crippen molar-refractivity contribution < 1.29 is 29.7 Å². The van der Waals surface area contributed by atoms with Crippen molar-refractivity contribution in [1.29, 1.82) is 0 Å². The van der Waals surface area contributed by atoms with Gasteiger partial charge in [-0.3, -0.25) is 9.97 Å². The summed E-state index contributed by atoms with van der Waals surface area (Å²) in [5.41, 5.74) is 3.18. The molecule has 2 aromatic heterocycles. The molecule has 166 valence electrons. The van der Waals surface area contributed by atoms with Gasteiger partial charge in [-0.05, 0) is 47.2 Å². The van der Waals surface area contributed by atoms with Gasteiger partial charge in [0.2, 0.25) is 0 Å². The quantitative estimate of drug-likeness (QED) is 0.243. The van der Waals surface area contributed by atoms with Crippen LogP contribution < -0.4 is 0 Å². The first kappa shape index (κ1) is 24.1. The summed E-state index contributed by atoms with van der Waals surface area (Å²) in [4.78, 5) is 8.76. The number of rotatable bonds is 2. The molecule has 0 spiro atoms. The van der Waals surface area contributed by atoms with Gasteiger partial charge in [0.05, 0.1) is 11.4 Å². The number of phenols is 2. The Morgan fingerprint density at radius 2 is 0.800 bits per heavy atom. The summed E-state index contributed by atoms with van der Waals surface area (Å²) in [5.74, 6) is 0.521. The van der Waals surface area contributed by atoms with Gasteiger partial charge in [0.25, 0.3) is 0 Å². The molecular weight excluding hydrogens is 486 g/mol. The molecule has 6 rings (SSSR count). The van der Waals surface area contributed by atoms with E-state index in [1.165, 1.54) is 0 Å². The second-order valence-corrected chi connectivity index (χ2v) is 7.80. The van der Waals surface area contributed by atoms with Gasteiger partial charge < -0.3 is 10.2 Å². The van der Waals surface area contributed by atoms with Crippen molar-refractivity contribution in [1.82, 2.24) is 9.97 Å². The van der Waals surface area contributed by atoms with Crippen LogP contribution in [-0.4, -0.2) is 20.2 Å². The Labute approximate surface area is 216 Å². The van der Waals surface area contributed by atoms with E-state index in [1.807, 2.05) is 97.1 Å². The number of benzene rings is 4. The number of aromatic hydroxyl groups is 2. The maximum Gasteiger partial charge on any atom is 0.124 e. The number of phenolic OH excluding ortho intramolecular Hbond substituents is 2. The predicted molar refractivity (Wildman–Crippen MR) is 138 cm³/mol. The van der Waals surface area contributed by atoms with Crippen molar-refractivity contribution in [3.05, 3.63) is 122 Å². The number of aromatic nitrogens is 2. The predicted octanol–water partition coefficient (Wildman–Crippen LogP) is 7.21. The molecule has 0 amide bonds. The van der Waals surface area contributed by atoms with Crippen LogP contribution in [0.15, 0.2) is 122 Å². The number of hydrogen-bond donors (Lipinski definition) is 2. The molecule has 0 saturated carbocycles. The Bertz CT molecular complexity index is 1470. The first-order chi connectivity index (χ1) is 16.7. The van der Waals surface area contributed by atoms with Gasteiger partial charge in [-0.15, -0.1) is 0 Å². The van der Waals surface area contributed by atoms with Gasteiger partial charge in [0, 0.05) is 53.8 Å². The topological polar surface area (TPSA) is 66.2 Å². The summed E-state index contributed by atoms with van der Waals surface area (Å²) in [6.45, 7) is 0. The van der Waals surface area contributed by atoms with Crippen molar-refractivity contribution >= 4 is 21.5 Å². The minimum atomic E-state index is 0. The van der Waals surface area contributed by atoms with Gasteiger partial charge >= 0.3 is 0 Å². The van der Waals surface area contributed by atoms with Crippen LogP contribution in [0.3, 0.4) is 0 Å². The molecule has 35 heavy (non-hydrogen) atoms. The molecule has 0 bridgehead atoms. The van der Waals surface area contributed by atoms with E-state index in [0.717, 1.165) is 44.1 Å². The largest absolute Gasteiger partial charge is 0.507 e. The smallest absolute Gasteiger partial charge is 0.124 e. The molecular formula is C30H22N2O2Zn. The molecule has 0 radical (unpaired) electrons. The van der Waals surface area contributed by atoms with Crippen LogP contribution in [0.5, 0.6) is 11.5 Å². The molecule has 4 nitrogen and oxygen atoms in total. The maximum absolute atomic E-state index is 9.88. The third-order valence-electron chi connectivity index (χ3n) is 5.67. The minimum Gasteiger partial charge on any atom is -0.507 e. The van der Waals surface area contributed by atoms with Crippen LogP contribution in [0, 0.1) is 0 Å². The van der Waals surface area contributed by atoms with E-state index in [4.69, 9.17) is 0 Å². The standard InChI is InChI=1S/2C15H11NO.Zn/c2*17-14-8-4-3-7-13(14)15-12-6-2-1-5-11(12)9-10-16-15;/h2*1-10,17H;. The number of pyridine rings is 2. The third kappa shape index (κ3) is 5.06. The molecule has 0 saturated heterocycles. The SMILES string of the molecule is Oc1ccccc1-c1nccc2ccccc12.Oc1ccccc1-c1nccc2ccccc12.[Zn]. The summed E-state index contributed by atoms with van der Waals surface area (Å²) in [5, 5.41) is 24.1. The number of nitrogens with zero attached hydrogens (tertiary/aromatic N) is 2. The Kier molecular flexibility index (Phi) is 7.49. The van der Waals surface area contributed by atoms with Gasteiger partial charge in [-0.2, -0.15) is 0 Å². The Morgan fingerprint density at radius 1 is 0.429 bits per heavy atom. The fourth-order valence-corrected chi connectivity index (χ4v) is 4.02. The molecule has 5 heteroatoms.